The van der Waals surface area contributed by atoms with Gasteiger partial charge >= 0.3 is 6.01 Å². The molecule has 0 amide bonds. The third kappa shape index (κ3) is 4.45. The molecule has 48 heavy (non-hydrogen) atoms. The Balaban J connectivity index is 1.20. The van der Waals surface area contributed by atoms with Crippen molar-refractivity contribution in [1.82, 2.24) is 20.2 Å². The van der Waals surface area contributed by atoms with Crippen molar-refractivity contribution in [2.24, 2.45) is 5.92 Å². The Morgan fingerprint density at radius 2 is 2.02 bits per heavy atom. The van der Waals surface area contributed by atoms with Crippen molar-refractivity contribution in [3.8, 4) is 23.2 Å². The molecule has 0 unspecified atom stereocenters. The Hall–Kier alpha value is -3.99. The Kier molecular flexibility index (Phi) is 6.74. The number of halogens is 4. The molecule has 13 heteroatoms. The fraction of sp³-hybridized carbons (Fsp3) is 0.457. The maximum Gasteiger partial charge on any atom is 0.319 e. The minimum absolute atomic E-state index is 0.0142. The molecule has 9 rings (SSSR count). The Morgan fingerprint density at radius 1 is 1.17 bits per heavy atom. The highest BCUT2D eigenvalue weighted by Crippen LogP contribution is 2.49. The van der Waals surface area contributed by atoms with E-state index in [9.17, 15) is 14.0 Å². The summed E-state index contributed by atoms with van der Waals surface area (Å²) in [5.41, 5.74) is 5.69. The summed E-state index contributed by atoms with van der Waals surface area (Å²) in [6, 6.07) is 5.80. The fourth-order valence-corrected chi connectivity index (χ4v) is 9.99. The van der Waals surface area contributed by atoms with Crippen LogP contribution in [-0.4, -0.2) is 64.8 Å². The number of nitrogens with one attached hydrogen (secondary N) is 1. The first-order chi connectivity index (χ1) is 23.2. The molecule has 4 aliphatic heterocycles. The van der Waals surface area contributed by atoms with Crippen LogP contribution in [0.4, 0.5) is 28.4 Å². The first kappa shape index (κ1) is 30.1. The zero-order chi connectivity index (χ0) is 32.9. The lowest BCUT2D eigenvalue weighted by molar-refractivity contribution is 0.108. The van der Waals surface area contributed by atoms with E-state index in [-0.39, 0.29) is 61.3 Å². The van der Waals surface area contributed by atoms with Crippen LogP contribution in [-0.2, 0) is 0 Å². The average molecular weight is 676 g/mol. The van der Waals surface area contributed by atoms with Crippen molar-refractivity contribution in [2.75, 3.05) is 43.4 Å². The van der Waals surface area contributed by atoms with E-state index in [2.05, 4.69) is 20.1 Å². The summed E-state index contributed by atoms with van der Waals surface area (Å²) < 4.78 is 68.1. The molecule has 4 aromatic rings. The first-order valence-corrected chi connectivity index (χ1v) is 17.3. The van der Waals surface area contributed by atoms with Crippen molar-refractivity contribution in [3.63, 3.8) is 0 Å². The highest BCUT2D eigenvalue weighted by atomic mass is 32.1. The van der Waals surface area contributed by atoms with Gasteiger partial charge in [0, 0.05) is 42.0 Å². The number of ether oxygens (including phenoxy) is 1. The van der Waals surface area contributed by atoms with Crippen LogP contribution in [0.3, 0.4) is 0 Å². The summed E-state index contributed by atoms with van der Waals surface area (Å²) in [6.45, 7) is 2.82. The number of aromatic nitrogens is 2. The third-order valence-electron chi connectivity index (χ3n) is 11.4. The van der Waals surface area contributed by atoms with Crippen molar-refractivity contribution in [2.45, 2.75) is 62.1 Å². The molecule has 2 aromatic heterocycles. The molecule has 2 aromatic carbocycles. The molecule has 1 aliphatic carbocycles. The van der Waals surface area contributed by atoms with Crippen molar-refractivity contribution >= 4 is 43.1 Å². The molecule has 8 nitrogen and oxygen atoms in total. The van der Waals surface area contributed by atoms with Crippen molar-refractivity contribution in [1.29, 1.82) is 5.26 Å². The third-order valence-corrected chi connectivity index (χ3v) is 12.4. The summed E-state index contributed by atoms with van der Waals surface area (Å²) in [6.07, 6.45) is 7.34. The molecular formula is C35H33F4N7OS. The minimum atomic E-state index is -0.959. The highest BCUT2D eigenvalue weighted by Gasteiger charge is 2.53. The number of piperazine rings is 1. The number of nitrogens with two attached hydrogens (primary N) is 1. The quantitative estimate of drug-likeness (QED) is 0.221. The number of nitrogens with zero attached hydrogens (tertiary/aromatic N) is 5. The van der Waals surface area contributed by atoms with Crippen LogP contribution in [0.2, 0.25) is 0 Å². The van der Waals surface area contributed by atoms with Gasteiger partial charge in [0.05, 0.1) is 27.7 Å². The number of hydrogen-bond donors (Lipinski definition) is 2. The predicted octanol–water partition coefficient (Wildman–Crippen LogP) is 6.57. The van der Waals surface area contributed by atoms with Gasteiger partial charge in [-0.3, -0.25) is 4.90 Å². The second-order valence-electron chi connectivity index (χ2n) is 14.2. The second kappa shape index (κ2) is 10.8. The molecule has 5 fully saturated rings. The number of rotatable bonds is 6. The number of benzene rings is 2. The highest BCUT2D eigenvalue weighted by molar-refractivity contribution is 7.23. The molecule has 3 N–H and O–H groups in total. The van der Waals surface area contributed by atoms with E-state index in [0.717, 1.165) is 62.5 Å². The van der Waals surface area contributed by atoms with E-state index in [4.69, 9.17) is 15.5 Å². The lowest BCUT2D eigenvalue weighted by atomic mass is 9.90. The van der Waals surface area contributed by atoms with Gasteiger partial charge in [0.2, 0.25) is 0 Å². The topological polar surface area (TPSA) is 103 Å². The van der Waals surface area contributed by atoms with Crippen LogP contribution in [0.5, 0.6) is 6.01 Å². The summed E-state index contributed by atoms with van der Waals surface area (Å²) in [4.78, 5) is 13.7. The SMILES string of the molecule is N#Cc1c(N)sc2c(F)ccc(-c3c(F)cc4c(N5C[C@@H]6CC[C@](C7CC7)(C5)N6)nc(OC[C@@]56CCCN5C/C(=C\F)C6)nc4c3F)c12. The molecule has 6 heterocycles. The van der Waals surface area contributed by atoms with E-state index in [1.54, 1.807) is 0 Å². The summed E-state index contributed by atoms with van der Waals surface area (Å²) in [7, 11) is 0. The van der Waals surface area contributed by atoms with Gasteiger partial charge in [0.1, 0.15) is 40.6 Å². The number of hydrogen-bond acceptors (Lipinski definition) is 9. The van der Waals surface area contributed by atoms with Gasteiger partial charge in [-0.25, -0.2) is 17.6 Å². The predicted molar refractivity (Wildman–Crippen MR) is 176 cm³/mol. The van der Waals surface area contributed by atoms with E-state index < -0.39 is 28.6 Å². The van der Waals surface area contributed by atoms with Gasteiger partial charge < -0.3 is 20.7 Å². The maximum atomic E-state index is 17.0. The molecule has 4 saturated heterocycles. The van der Waals surface area contributed by atoms with Crippen LogP contribution in [0, 0.1) is 34.7 Å². The zero-order valence-corrected chi connectivity index (χ0v) is 26.9. The van der Waals surface area contributed by atoms with Crippen molar-refractivity contribution < 1.29 is 22.3 Å². The number of thiophene rings is 1. The fourth-order valence-electron chi connectivity index (χ4n) is 9.04. The molecule has 2 bridgehead atoms. The lowest BCUT2D eigenvalue weighted by Crippen LogP contribution is -2.61. The summed E-state index contributed by atoms with van der Waals surface area (Å²) in [5, 5.41) is 14.0. The van der Waals surface area contributed by atoms with Gasteiger partial charge in [-0.15, -0.1) is 11.3 Å². The number of nitrogen functional groups attached to an aromatic ring is 1. The molecule has 0 spiro atoms. The molecule has 1 saturated carbocycles. The summed E-state index contributed by atoms with van der Waals surface area (Å²) in [5.74, 6) is -1.53. The van der Waals surface area contributed by atoms with Crippen LogP contribution in [0.25, 0.3) is 32.1 Å². The Labute approximate surface area is 278 Å². The number of nitriles is 1. The molecule has 5 aliphatic rings. The monoisotopic (exact) mass is 675 g/mol. The number of fused-ring (bicyclic) bond motifs is 5. The second-order valence-corrected chi connectivity index (χ2v) is 15.3. The van der Waals surface area contributed by atoms with Gasteiger partial charge in [-0.05, 0) is 80.7 Å². The van der Waals surface area contributed by atoms with Crippen molar-refractivity contribution in [3.05, 3.63) is 53.1 Å². The average Bonchev–Trinajstić information content (AvgIpc) is 3.53. The van der Waals surface area contributed by atoms with E-state index in [1.807, 2.05) is 6.07 Å². The van der Waals surface area contributed by atoms with E-state index >= 15 is 8.78 Å². The number of anilines is 2. The van der Waals surface area contributed by atoms with Gasteiger partial charge in [0.15, 0.2) is 5.82 Å². The largest absolute Gasteiger partial charge is 0.461 e. The van der Waals surface area contributed by atoms with E-state index in [1.165, 1.54) is 12.1 Å². The van der Waals surface area contributed by atoms with Crippen LogP contribution >= 0.6 is 11.3 Å². The van der Waals surface area contributed by atoms with Gasteiger partial charge in [-0.1, -0.05) is 6.07 Å². The Bertz CT molecular complexity index is 2090. The molecule has 0 radical (unpaired) electrons. The van der Waals surface area contributed by atoms with Crippen LogP contribution in [0.15, 0.2) is 30.1 Å². The molecule has 248 valence electrons. The normalized spacial score (nSPS) is 27.8. The van der Waals surface area contributed by atoms with Gasteiger partial charge in [-0.2, -0.15) is 15.2 Å². The Morgan fingerprint density at radius 3 is 2.81 bits per heavy atom. The smallest absolute Gasteiger partial charge is 0.319 e. The van der Waals surface area contributed by atoms with Crippen LogP contribution in [0.1, 0.15) is 50.5 Å². The van der Waals surface area contributed by atoms with Crippen LogP contribution < -0.4 is 20.7 Å². The van der Waals surface area contributed by atoms with Gasteiger partial charge in [0.25, 0.3) is 0 Å². The zero-order valence-electron chi connectivity index (χ0n) is 26.1. The first-order valence-electron chi connectivity index (χ1n) is 16.5. The minimum Gasteiger partial charge on any atom is -0.461 e. The van der Waals surface area contributed by atoms with E-state index in [0.29, 0.717) is 49.7 Å². The summed E-state index contributed by atoms with van der Waals surface area (Å²) >= 11 is 0.864. The lowest BCUT2D eigenvalue weighted by Gasteiger charge is -2.42. The molecular weight excluding hydrogens is 642 g/mol. The molecule has 3 atom stereocenters. The maximum absolute atomic E-state index is 17.0. The standard InChI is InChI=1S/C35H33F4N7OS/c36-12-18-11-34(7-1-9-46(34)14-18)17-47-33-42-29-22(32(43-33)45-15-20-6-8-35(16-45,44-20)19-2-3-19)10-25(38)27(28(29)39)21-4-5-24(37)30-26(21)23(13-40)31(41)48-30/h4-5,10,12,19-20,44H,1-3,6-9,11,14-17,41H2/b18-12-/t20-,34-,35+/m0/s1.